The molecule has 0 fully saturated rings. The number of carbonyl (C=O) groups excluding carboxylic acids is 1. The monoisotopic (exact) mass is 324 g/mol. The van der Waals surface area contributed by atoms with Gasteiger partial charge in [-0.15, -0.1) is 0 Å². The number of halogens is 1. The van der Waals surface area contributed by atoms with Gasteiger partial charge in [-0.3, -0.25) is 9.59 Å². The van der Waals surface area contributed by atoms with Gasteiger partial charge in [0.25, 0.3) is 5.56 Å². The van der Waals surface area contributed by atoms with Crippen molar-refractivity contribution in [3.63, 3.8) is 0 Å². The van der Waals surface area contributed by atoms with Gasteiger partial charge in [-0.1, -0.05) is 24.3 Å². The maximum Gasteiger partial charge on any atom is 0.253 e. The SMILES string of the molecule is Cc1cc2ccccc2n(CCC(=O)Nc2cccc(F)c2)c1=O. The third-order valence-corrected chi connectivity index (χ3v) is 3.85. The van der Waals surface area contributed by atoms with Gasteiger partial charge in [0.1, 0.15) is 5.82 Å². The first-order valence-electron chi connectivity index (χ1n) is 7.69. The average molecular weight is 324 g/mol. The Labute approximate surface area is 138 Å². The summed E-state index contributed by atoms with van der Waals surface area (Å²) in [5.74, 6) is -0.674. The smallest absolute Gasteiger partial charge is 0.253 e. The lowest BCUT2D eigenvalue weighted by Crippen LogP contribution is -2.25. The minimum atomic E-state index is -0.409. The fourth-order valence-electron chi connectivity index (χ4n) is 2.70. The van der Waals surface area contributed by atoms with E-state index >= 15 is 0 Å². The number of hydrogen-bond donors (Lipinski definition) is 1. The molecule has 122 valence electrons. The fraction of sp³-hybridized carbons (Fsp3) is 0.158. The van der Waals surface area contributed by atoms with Gasteiger partial charge in [0.15, 0.2) is 0 Å². The molecule has 0 aliphatic carbocycles. The summed E-state index contributed by atoms with van der Waals surface area (Å²) in [5.41, 5.74) is 1.74. The molecule has 2 aromatic carbocycles. The van der Waals surface area contributed by atoms with Crippen molar-refractivity contribution in [1.82, 2.24) is 4.57 Å². The largest absolute Gasteiger partial charge is 0.326 e. The molecule has 4 nitrogen and oxygen atoms in total. The number of aromatic nitrogens is 1. The Morgan fingerprint density at radius 3 is 2.71 bits per heavy atom. The van der Waals surface area contributed by atoms with Crippen LogP contribution in [0.1, 0.15) is 12.0 Å². The Bertz CT molecular complexity index is 963. The third kappa shape index (κ3) is 3.35. The van der Waals surface area contributed by atoms with Gasteiger partial charge in [-0.2, -0.15) is 0 Å². The Kier molecular flexibility index (Phi) is 4.42. The number of para-hydroxylation sites is 1. The van der Waals surface area contributed by atoms with Crippen molar-refractivity contribution in [2.24, 2.45) is 0 Å². The number of carbonyl (C=O) groups is 1. The van der Waals surface area contributed by atoms with Gasteiger partial charge in [0, 0.05) is 24.2 Å². The second-order valence-corrected chi connectivity index (χ2v) is 5.65. The number of nitrogens with one attached hydrogen (secondary N) is 1. The first-order chi connectivity index (χ1) is 11.5. The van der Waals surface area contributed by atoms with Gasteiger partial charge < -0.3 is 9.88 Å². The van der Waals surface area contributed by atoms with Crippen molar-refractivity contribution >= 4 is 22.5 Å². The number of fused-ring (bicyclic) bond motifs is 1. The minimum Gasteiger partial charge on any atom is -0.326 e. The maximum atomic E-state index is 13.1. The molecule has 1 aromatic heterocycles. The minimum absolute atomic E-state index is 0.104. The van der Waals surface area contributed by atoms with Crippen LogP contribution in [0.5, 0.6) is 0 Å². The van der Waals surface area contributed by atoms with E-state index in [1.807, 2.05) is 30.3 Å². The molecule has 0 radical (unpaired) electrons. The molecular formula is C19H17FN2O2. The molecule has 1 heterocycles. The van der Waals surface area contributed by atoms with Crippen molar-refractivity contribution in [3.05, 3.63) is 76.3 Å². The highest BCUT2D eigenvalue weighted by atomic mass is 19.1. The highest BCUT2D eigenvalue weighted by molar-refractivity contribution is 5.90. The van der Waals surface area contributed by atoms with Crippen LogP contribution < -0.4 is 10.9 Å². The summed E-state index contributed by atoms with van der Waals surface area (Å²) < 4.78 is 14.8. The van der Waals surface area contributed by atoms with E-state index in [2.05, 4.69) is 5.32 Å². The molecular weight excluding hydrogens is 307 g/mol. The molecule has 0 saturated carbocycles. The van der Waals surface area contributed by atoms with Gasteiger partial charge >= 0.3 is 0 Å². The number of anilines is 1. The lowest BCUT2D eigenvalue weighted by molar-refractivity contribution is -0.116. The Morgan fingerprint density at radius 2 is 1.92 bits per heavy atom. The lowest BCUT2D eigenvalue weighted by atomic mass is 10.1. The van der Waals surface area contributed by atoms with Crippen LogP contribution in [0.3, 0.4) is 0 Å². The molecule has 0 spiro atoms. The number of rotatable bonds is 4. The zero-order valence-corrected chi connectivity index (χ0v) is 13.3. The number of hydrogen-bond acceptors (Lipinski definition) is 2. The van der Waals surface area contributed by atoms with E-state index in [1.165, 1.54) is 18.2 Å². The van der Waals surface area contributed by atoms with E-state index in [4.69, 9.17) is 0 Å². The zero-order chi connectivity index (χ0) is 17.1. The summed E-state index contributed by atoms with van der Waals surface area (Å²) in [4.78, 5) is 24.5. The van der Waals surface area contributed by atoms with Gasteiger partial charge in [-0.05, 0) is 42.6 Å². The molecule has 0 bridgehead atoms. The van der Waals surface area contributed by atoms with E-state index in [0.717, 1.165) is 10.9 Å². The maximum absolute atomic E-state index is 13.1. The van der Waals surface area contributed by atoms with Crippen molar-refractivity contribution in [1.29, 1.82) is 0 Å². The van der Waals surface area contributed by atoms with Gasteiger partial charge in [-0.25, -0.2) is 4.39 Å². The van der Waals surface area contributed by atoms with Crippen molar-refractivity contribution in [2.75, 3.05) is 5.32 Å². The first-order valence-corrected chi connectivity index (χ1v) is 7.69. The summed E-state index contributed by atoms with van der Waals surface area (Å²) in [6, 6.07) is 15.1. The van der Waals surface area contributed by atoms with Crippen LogP contribution in [0.2, 0.25) is 0 Å². The number of pyridine rings is 1. The molecule has 3 rings (SSSR count). The Morgan fingerprint density at radius 1 is 1.12 bits per heavy atom. The summed E-state index contributed by atoms with van der Waals surface area (Å²) in [5, 5.41) is 3.60. The zero-order valence-electron chi connectivity index (χ0n) is 13.3. The first kappa shape index (κ1) is 15.9. The molecule has 1 amide bonds. The summed E-state index contributed by atoms with van der Waals surface area (Å²) in [6.07, 6.45) is 0.129. The van der Waals surface area contributed by atoms with E-state index < -0.39 is 5.82 Å². The van der Waals surface area contributed by atoms with Crippen LogP contribution in [0.15, 0.2) is 59.4 Å². The molecule has 24 heavy (non-hydrogen) atoms. The van der Waals surface area contributed by atoms with E-state index in [1.54, 1.807) is 17.6 Å². The van der Waals surface area contributed by atoms with Crippen LogP contribution in [0.4, 0.5) is 10.1 Å². The number of amides is 1. The Balaban J connectivity index is 1.79. The quantitative estimate of drug-likeness (QED) is 0.799. The van der Waals surface area contributed by atoms with Crippen LogP contribution in [0, 0.1) is 12.7 Å². The van der Waals surface area contributed by atoms with Crippen molar-refractivity contribution in [2.45, 2.75) is 19.9 Å². The highest BCUT2D eigenvalue weighted by Gasteiger charge is 2.09. The predicted molar refractivity (Wildman–Crippen MR) is 92.6 cm³/mol. The number of nitrogens with zero attached hydrogens (tertiary/aromatic N) is 1. The third-order valence-electron chi connectivity index (χ3n) is 3.85. The van der Waals surface area contributed by atoms with Gasteiger partial charge in [0.2, 0.25) is 5.91 Å². The van der Waals surface area contributed by atoms with E-state index in [0.29, 0.717) is 11.3 Å². The lowest BCUT2D eigenvalue weighted by Gasteiger charge is -2.12. The van der Waals surface area contributed by atoms with Crippen molar-refractivity contribution in [3.8, 4) is 0 Å². The van der Waals surface area contributed by atoms with Gasteiger partial charge in [0.05, 0.1) is 5.52 Å². The summed E-state index contributed by atoms with van der Waals surface area (Å²) in [6.45, 7) is 2.03. The molecule has 0 aliphatic heterocycles. The average Bonchev–Trinajstić information content (AvgIpc) is 2.55. The topological polar surface area (TPSA) is 51.1 Å². The number of aryl methyl sites for hydroxylation is 2. The Hall–Kier alpha value is -2.95. The second kappa shape index (κ2) is 6.66. The molecule has 3 aromatic rings. The molecule has 0 saturated heterocycles. The molecule has 1 N–H and O–H groups in total. The summed E-state index contributed by atoms with van der Waals surface area (Å²) >= 11 is 0. The second-order valence-electron chi connectivity index (χ2n) is 5.65. The van der Waals surface area contributed by atoms with E-state index in [9.17, 15) is 14.0 Å². The molecule has 0 unspecified atom stereocenters. The molecule has 0 atom stereocenters. The normalized spacial score (nSPS) is 10.8. The number of benzene rings is 2. The van der Waals surface area contributed by atoms with Crippen LogP contribution in [-0.2, 0) is 11.3 Å². The van der Waals surface area contributed by atoms with Crippen molar-refractivity contribution < 1.29 is 9.18 Å². The van der Waals surface area contributed by atoms with Crippen LogP contribution in [0.25, 0.3) is 10.9 Å². The standard InChI is InChI=1S/C19H17FN2O2/c1-13-11-14-5-2-3-8-17(14)22(19(13)24)10-9-18(23)21-16-7-4-6-15(20)12-16/h2-8,11-12H,9-10H2,1H3,(H,21,23). The summed E-state index contributed by atoms with van der Waals surface area (Å²) in [7, 11) is 0. The van der Waals surface area contributed by atoms with Crippen LogP contribution >= 0.6 is 0 Å². The van der Waals surface area contributed by atoms with E-state index in [-0.39, 0.29) is 24.4 Å². The molecule has 0 aliphatic rings. The molecule has 5 heteroatoms. The fourth-order valence-corrected chi connectivity index (χ4v) is 2.70. The van der Waals surface area contributed by atoms with Crippen LogP contribution in [-0.4, -0.2) is 10.5 Å². The highest BCUT2D eigenvalue weighted by Crippen LogP contribution is 2.14. The predicted octanol–water partition coefficient (Wildman–Crippen LogP) is 3.48.